The second kappa shape index (κ2) is 4.78. The van der Waals surface area contributed by atoms with E-state index in [4.69, 9.17) is 0 Å². The van der Waals surface area contributed by atoms with E-state index in [1.54, 1.807) is 4.68 Å². The fourth-order valence-electron chi connectivity index (χ4n) is 2.43. The van der Waals surface area contributed by atoms with Gasteiger partial charge in [0.2, 0.25) is 0 Å². The van der Waals surface area contributed by atoms with Crippen molar-refractivity contribution in [3.63, 3.8) is 0 Å². The Kier molecular flexibility index (Phi) is 3.14. The van der Waals surface area contributed by atoms with Crippen LogP contribution in [0.2, 0.25) is 0 Å². The molecule has 0 bridgehead atoms. The molecule has 2 aromatic rings. The number of hydrogen-bond donors (Lipinski definition) is 1. The van der Waals surface area contributed by atoms with E-state index in [0.717, 1.165) is 11.4 Å². The molecular weight excluding hydrogens is 244 g/mol. The molecule has 1 aromatic carbocycles. The van der Waals surface area contributed by atoms with E-state index in [1.165, 1.54) is 10.5 Å². The second-order valence-electron chi connectivity index (χ2n) is 4.71. The first kappa shape index (κ1) is 11.8. The maximum Gasteiger partial charge on any atom is 0.0673 e. The lowest BCUT2D eigenvalue weighted by Gasteiger charge is -2.17. The van der Waals surface area contributed by atoms with Crippen LogP contribution in [0.25, 0.3) is 0 Å². The number of thioether (sulfide) groups is 1. The molecule has 1 N–H and O–H groups in total. The molecule has 0 spiro atoms. The molecule has 1 aliphatic heterocycles. The lowest BCUT2D eigenvalue weighted by atomic mass is 9.93. The van der Waals surface area contributed by atoms with E-state index in [1.807, 2.05) is 37.1 Å². The predicted molar refractivity (Wildman–Crippen MR) is 72.8 cm³/mol. The normalized spacial score (nSPS) is 19.8. The van der Waals surface area contributed by atoms with E-state index in [9.17, 15) is 5.11 Å². The summed E-state index contributed by atoms with van der Waals surface area (Å²) in [4.78, 5) is 1.31. The third kappa shape index (κ3) is 2.18. The molecular formula is C14H16N2OS. The van der Waals surface area contributed by atoms with Gasteiger partial charge >= 0.3 is 0 Å². The summed E-state index contributed by atoms with van der Waals surface area (Å²) < 4.78 is 1.78. The van der Waals surface area contributed by atoms with Crippen molar-refractivity contribution in [2.24, 2.45) is 7.05 Å². The van der Waals surface area contributed by atoms with Crippen LogP contribution < -0.4 is 0 Å². The van der Waals surface area contributed by atoms with Gasteiger partial charge < -0.3 is 5.11 Å². The fourth-order valence-corrected chi connectivity index (χ4v) is 3.76. The minimum absolute atomic E-state index is 0.230. The van der Waals surface area contributed by atoms with Crippen LogP contribution in [0.5, 0.6) is 0 Å². The SMILES string of the molecule is Cn1ccc(CC(O)C2CSc3ccccc32)n1. The average Bonchev–Trinajstić information content (AvgIpc) is 2.95. The molecule has 0 amide bonds. The highest BCUT2D eigenvalue weighted by atomic mass is 32.2. The van der Waals surface area contributed by atoms with Gasteiger partial charge in [-0.1, -0.05) is 18.2 Å². The summed E-state index contributed by atoms with van der Waals surface area (Å²) >= 11 is 1.83. The molecule has 2 atom stereocenters. The van der Waals surface area contributed by atoms with Gasteiger partial charge in [0, 0.05) is 36.2 Å². The van der Waals surface area contributed by atoms with E-state index in [2.05, 4.69) is 23.3 Å². The molecule has 4 heteroatoms. The molecule has 1 aromatic heterocycles. The molecule has 2 unspecified atom stereocenters. The first-order valence-electron chi connectivity index (χ1n) is 6.12. The van der Waals surface area contributed by atoms with E-state index in [0.29, 0.717) is 6.42 Å². The van der Waals surface area contributed by atoms with Gasteiger partial charge in [-0.05, 0) is 17.7 Å². The molecule has 3 nitrogen and oxygen atoms in total. The predicted octanol–water partition coefficient (Wildman–Crippen LogP) is 2.21. The third-order valence-electron chi connectivity index (χ3n) is 3.39. The van der Waals surface area contributed by atoms with Crippen LogP contribution in [-0.4, -0.2) is 26.7 Å². The average molecular weight is 260 g/mol. The Bertz CT molecular complexity index is 552. The van der Waals surface area contributed by atoms with Crippen molar-refractivity contribution >= 4 is 11.8 Å². The summed E-state index contributed by atoms with van der Waals surface area (Å²) in [5, 5.41) is 14.7. The Morgan fingerprint density at radius 3 is 3.06 bits per heavy atom. The van der Waals surface area contributed by atoms with Crippen molar-refractivity contribution in [3.05, 3.63) is 47.8 Å². The van der Waals surface area contributed by atoms with Crippen LogP contribution in [0.15, 0.2) is 41.4 Å². The summed E-state index contributed by atoms with van der Waals surface area (Å²) in [6.07, 6.45) is 2.19. The number of aromatic nitrogens is 2. The molecule has 1 aliphatic rings. The quantitative estimate of drug-likeness (QED) is 0.919. The Labute approximate surface area is 111 Å². The van der Waals surface area contributed by atoms with Gasteiger partial charge in [-0.25, -0.2) is 0 Å². The van der Waals surface area contributed by atoms with Crippen molar-refractivity contribution in [2.45, 2.75) is 23.3 Å². The molecule has 3 rings (SSSR count). The van der Waals surface area contributed by atoms with Crippen LogP contribution in [0.4, 0.5) is 0 Å². The van der Waals surface area contributed by atoms with Gasteiger partial charge in [0.1, 0.15) is 0 Å². The van der Waals surface area contributed by atoms with Gasteiger partial charge in [0.25, 0.3) is 0 Å². The Morgan fingerprint density at radius 1 is 1.44 bits per heavy atom. The first-order chi connectivity index (χ1) is 8.74. The Hall–Kier alpha value is -1.26. The van der Waals surface area contributed by atoms with Crippen LogP contribution in [-0.2, 0) is 13.5 Å². The highest BCUT2D eigenvalue weighted by Crippen LogP contribution is 2.41. The number of aliphatic hydroxyl groups is 1. The topological polar surface area (TPSA) is 38.0 Å². The van der Waals surface area contributed by atoms with Crippen LogP contribution >= 0.6 is 11.8 Å². The Balaban J connectivity index is 1.76. The molecule has 94 valence electrons. The van der Waals surface area contributed by atoms with Crippen molar-refractivity contribution in [1.82, 2.24) is 9.78 Å². The highest BCUT2D eigenvalue weighted by molar-refractivity contribution is 7.99. The van der Waals surface area contributed by atoms with E-state index in [-0.39, 0.29) is 12.0 Å². The fraction of sp³-hybridized carbons (Fsp3) is 0.357. The summed E-state index contributed by atoms with van der Waals surface area (Å²) in [5.41, 5.74) is 2.24. The zero-order valence-corrected chi connectivity index (χ0v) is 11.1. The summed E-state index contributed by atoms with van der Waals surface area (Å²) in [7, 11) is 1.90. The van der Waals surface area contributed by atoms with Crippen LogP contribution in [0.3, 0.4) is 0 Å². The zero-order valence-electron chi connectivity index (χ0n) is 10.3. The number of aryl methyl sites for hydroxylation is 1. The van der Waals surface area contributed by atoms with E-state index >= 15 is 0 Å². The third-order valence-corrected chi connectivity index (χ3v) is 4.60. The molecule has 18 heavy (non-hydrogen) atoms. The number of hydrogen-bond acceptors (Lipinski definition) is 3. The zero-order chi connectivity index (χ0) is 12.5. The maximum absolute atomic E-state index is 10.4. The lowest BCUT2D eigenvalue weighted by molar-refractivity contribution is 0.150. The minimum Gasteiger partial charge on any atom is -0.392 e. The van der Waals surface area contributed by atoms with Crippen molar-refractivity contribution < 1.29 is 5.11 Å². The number of benzene rings is 1. The van der Waals surface area contributed by atoms with Gasteiger partial charge in [0.15, 0.2) is 0 Å². The lowest BCUT2D eigenvalue weighted by Crippen LogP contribution is -2.21. The van der Waals surface area contributed by atoms with Gasteiger partial charge in [0.05, 0.1) is 11.8 Å². The monoisotopic (exact) mass is 260 g/mol. The number of aliphatic hydroxyl groups excluding tert-OH is 1. The second-order valence-corrected chi connectivity index (χ2v) is 5.77. The number of fused-ring (bicyclic) bond motifs is 1. The van der Waals surface area contributed by atoms with Crippen LogP contribution in [0, 0.1) is 0 Å². The van der Waals surface area contributed by atoms with Gasteiger partial charge in [-0.15, -0.1) is 11.8 Å². The maximum atomic E-state index is 10.4. The molecule has 2 heterocycles. The smallest absolute Gasteiger partial charge is 0.0673 e. The molecule has 0 radical (unpaired) electrons. The first-order valence-corrected chi connectivity index (χ1v) is 7.11. The van der Waals surface area contributed by atoms with Crippen molar-refractivity contribution in [1.29, 1.82) is 0 Å². The molecule has 0 saturated heterocycles. The molecule has 0 fully saturated rings. The molecule has 0 saturated carbocycles. The number of nitrogens with zero attached hydrogens (tertiary/aromatic N) is 2. The molecule has 0 aliphatic carbocycles. The summed E-state index contributed by atoms with van der Waals surface area (Å²) in [6, 6.07) is 10.3. The van der Waals surface area contributed by atoms with Crippen LogP contribution in [0.1, 0.15) is 17.2 Å². The minimum atomic E-state index is -0.351. The van der Waals surface area contributed by atoms with Gasteiger partial charge in [-0.3, -0.25) is 4.68 Å². The van der Waals surface area contributed by atoms with Crippen molar-refractivity contribution in [2.75, 3.05) is 5.75 Å². The Morgan fingerprint density at radius 2 is 2.28 bits per heavy atom. The standard InChI is InChI=1S/C14H16N2OS/c1-16-7-6-10(15-16)8-13(17)12-9-18-14-5-3-2-4-11(12)14/h2-7,12-13,17H,8-9H2,1H3. The summed E-state index contributed by atoms with van der Waals surface area (Å²) in [5.74, 6) is 1.20. The summed E-state index contributed by atoms with van der Waals surface area (Å²) in [6.45, 7) is 0. The van der Waals surface area contributed by atoms with E-state index < -0.39 is 0 Å². The number of rotatable bonds is 3. The van der Waals surface area contributed by atoms with Gasteiger partial charge in [-0.2, -0.15) is 5.10 Å². The highest BCUT2D eigenvalue weighted by Gasteiger charge is 2.29. The van der Waals surface area contributed by atoms with Crippen molar-refractivity contribution in [3.8, 4) is 0 Å². The largest absolute Gasteiger partial charge is 0.392 e.